The van der Waals surface area contributed by atoms with E-state index in [9.17, 15) is 9.59 Å². The van der Waals surface area contributed by atoms with Crippen molar-refractivity contribution < 1.29 is 14.3 Å². The predicted octanol–water partition coefficient (Wildman–Crippen LogP) is 1.26. The van der Waals surface area contributed by atoms with E-state index in [1.807, 2.05) is 0 Å². The first-order chi connectivity index (χ1) is 6.69. The number of ether oxygens (including phenoxy) is 1. The number of rotatable bonds is 3. The Labute approximate surface area is 85.9 Å². The summed E-state index contributed by atoms with van der Waals surface area (Å²) >= 11 is 5.61. The molecule has 5 heteroatoms. The van der Waals surface area contributed by atoms with Crippen molar-refractivity contribution >= 4 is 23.9 Å². The number of aldehydes is 1. The first kappa shape index (κ1) is 10.7. The maximum atomic E-state index is 11.2. The van der Waals surface area contributed by atoms with Crippen LogP contribution in [0.5, 0.6) is 0 Å². The molecule has 0 aliphatic rings. The van der Waals surface area contributed by atoms with E-state index < -0.39 is 5.97 Å². The standard InChI is InChI=1S/C9H8ClNO3/c1-14-9(13)8-6(4-5-12)2-3-7(10)11-8/h2-3,5H,4H2,1H3. The third-order valence-corrected chi connectivity index (χ3v) is 1.84. The van der Waals surface area contributed by atoms with Gasteiger partial charge in [0.25, 0.3) is 0 Å². The molecule has 14 heavy (non-hydrogen) atoms. The molecule has 0 fully saturated rings. The van der Waals surface area contributed by atoms with Gasteiger partial charge in [-0.25, -0.2) is 9.78 Å². The molecule has 1 aromatic rings. The Hall–Kier alpha value is -1.42. The van der Waals surface area contributed by atoms with Crippen LogP contribution in [-0.2, 0) is 16.0 Å². The average molecular weight is 214 g/mol. The van der Waals surface area contributed by atoms with Gasteiger partial charge in [-0.3, -0.25) is 0 Å². The molecule has 4 nitrogen and oxygen atoms in total. The van der Waals surface area contributed by atoms with Gasteiger partial charge in [0.2, 0.25) is 0 Å². The second kappa shape index (κ2) is 4.72. The monoisotopic (exact) mass is 213 g/mol. The molecular formula is C9H8ClNO3. The number of aromatic nitrogens is 1. The number of hydrogen-bond donors (Lipinski definition) is 0. The minimum Gasteiger partial charge on any atom is -0.464 e. The van der Waals surface area contributed by atoms with Gasteiger partial charge in [0.05, 0.1) is 7.11 Å². The average Bonchev–Trinajstić information content (AvgIpc) is 2.20. The third-order valence-electron chi connectivity index (χ3n) is 1.63. The van der Waals surface area contributed by atoms with Crippen LogP contribution in [-0.4, -0.2) is 24.3 Å². The number of halogens is 1. The van der Waals surface area contributed by atoms with Crippen LogP contribution in [0.2, 0.25) is 5.15 Å². The van der Waals surface area contributed by atoms with Crippen molar-refractivity contribution in [1.82, 2.24) is 4.98 Å². The molecule has 0 amide bonds. The van der Waals surface area contributed by atoms with Crippen molar-refractivity contribution in [3.05, 3.63) is 28.5 Å². The Morgan fingerprint density at radius 2 is 2.36 bits per heavy atom. The molecule has 1 rings (SSSR count). The summed E-state index contributed by atoms with van der Waals surface area (Å²) in [5, 5.41) is 0.194. The molecule has 0 saturated heterocycles. The first-order valence-corrected chi connectivity index (χ1v) is 4.24. The zero-order valence-electron chi connectivity index (χ0n) is 7.49. The lowest BCUT2D eigenvalue weighted by Crippen LogP contribution is -2.09. The summed E-state index contributed by atoms with van der Waals surface area (Å²) in [7, 11) is 1.25. The van der Waals surface area contributed by atoms with Crippen LogP contribution in [0.25, 0.3) is 0 Å². The third kappa shape index (κ3) is 2.29. The Morgan fingerprint density at radius 3 is 2.93 bits per heavy atom. The highest BCUT2D eigenvalue weighted by Crippen LogP contribution is 2.12. The van der Waals surface area contributed by atoms with Crippen LogP contribution in [0.1, 0.15) is 16.1 Å². The number of esters is 1. The summed E-state index contributed by atoms with van der Waals surface area (Å²) in [5.41, 5.74) is 0.600. The summed E-state index contributed by atoms with van der Waals surface area (Å²) in [6.07, 6.45) is 0.811. The lowest BCUT2D eigenvalue weighted by molar-refractivity contribution is -0.107. The molecule has 0 aliphatic heterocycles. The molecule has 0 N–H and O–H groups in total. The summed E-state index contributed by atoms with van der Waals surface area (Å²) in [4.78, 5) is 25.3. The smallest absolute Gasteiger partial charge is 0.357 e. The van der Waals surface area contributed by atoms with Crippen molar-refractivity contribution in [3.8, 4) is 0 Å². The van der Waals surface area contributed by atoms with Crippen LogP contribution >= 0.6 is 11.6 Å². The lowest BCUT2D eigenvalue weighted by atomic mass is 10.1. The van der Waals surface area contributed by atoms with Crippen molar-refractivity contribution in [1.29, 1.82) is 0 Å². The second-order valence-corrected chi connectivity index (χ2v) is 2.89. The van der Waals surface area contributed by atoms with Crippen LogP contribution < -0.4 is 0 Å². The summed E-state index contributed by atoms with van der Waals surface area (Å²) in [5.74, 6) is -0.593. The predicted molar refractivity (Wildman–Crippen MR) is 50.4 cm³/mol. The number of carbonyl (C=O) groups excluding carboxylic acids is 2. The number of hydrogen-bond acceptors (Lipinski definition) is 4. The largest absolute Gasteiger partial charge is 0.464 e. The van der Waals surface area contributed by atoms with Gasteiger partial charge in [-0.15, -0.1) is 0 Å². The van der Waals surface area contributed by atoms with Gasteiger partial charge in [0, 0.05) is 6.42 Å². The molecule has 0 radical (unpaired) electrons. The van der Waals surface area contributed by atoms with Gasteiger partial charge in [-0.1, -0.05) is 17.7 Å². The highest BCUT2D eigenvalue weighted by molar-refractivity contribution is 6.29. The fourth-order valence-corrected chi connectivity index (χ4v) is 1.14. The van der Waals surface area contributed by atoms with Gasteiger partial charge >= 0.3 is 5.97 Å². The van der Waals surface area contributed by atoms with E-state index in [0.29, 0.717) is 11.8 Å². The highest BCUT2D eigenvalue weighted by atomic mass is 35.5. The Bertz CT molecular complexity index is 365. The van der Waals surface area contributed by atoms with Gasteiger partial charge in [-0.2, -0.15) is 0 Å². The molecular weight excluding hydrogens is 206 g/mol. The van der Waals surface area contributed by atoms with Crippen LogP contribution in [0.15, 0.2) is 12.1 Å². The van der Waals surface area contributed by atoms with E-state index in [-0.39, 0.29) is 17.3 Å². The maximum Gasteiger partial charge on any atom is 0.357 e. The number of methoxy groups -OCH3 is 1. The van der Waals surface area contributed by atoms with Crippen LogP contribution in [0.4, 0.5) is 0 Å². The van der Waals surface area contributed by atoms with Crippen molar-refractivity contribution in [3.63, 3.8) is 0 Å². The fourth-order valence-electron chi connectivity index (χ4n) is 0.992. The Kier molecular flexibility index (Phi) is 3.59. The van der Waals surface area contributed by atoms with Gasteiger partial charge < -0.3 is 9.53 Å². The van der Waals surface area contributed by atoms with E-state index >= 15 is 0 Å². The van der Waals surface area contributed by atoms with Gasteiger partial charge in [-0.05, 0) is 11.6 Å². The zero-order valence-corrected chi connectivity index (χ0v) is 8.25. The minimum absolute atomic E-state index is 0.0899. The summed E-state index contributed by atoms with van der Waals surface area (Å²) in [6.45, 7) is 0. The maximum absolute atomic E-state index is 11.2. The molecule has 0 bridgehead atoms. The van der Waals surface area contributed by atoms with E-state index in [1.165, 1.54) is 13.2 Å². The molecule has 0 aliphatic carbocycles. The van der Waals surface area contributed by atoms with Crippen LogP contribution in [0.3, 0.4) is 0 Å². The molecule has 0 aromatic carbocycles. The van der Waals surface area contributed by atoms with Crippen molar-refractivity contribution in [2.75, 3.05) is 7.11 Å². The zero-order chi connectivity index (χ0) is 10.6. The number of nitrogens with zero attached hydrogens (tertiary/aromatic N) is 1. The van der Waals surface area contributed by atoms with E-state index in [4.69, 9.17) is 11.6 Å². The number of pyridine rings is 1. The molecule has 0 atom stereocenters. The quantitative estimate of drug-likeness (QED) is 0.431. The normalized spacial score (nSPS) is 9.57. The van der Waals surface area contributed by atoms with Gasteiger partial charge in [0.15, 0.2) is 5.69 Å². The van der Waals surface area contributed by atoms with Gasteiger partial charge in [0.1, 0.15) is 11.4 Å². The van der Waals surface area contributed by atoms with Crippen LogP contribution in [0, 0.1) is 0 Å². The Balaban J connectivity index is 3.14. The second-order valence-electron chi connectivity index (χ2n) is 2.50. The summed E-state index contributed by atoms with van der Waals surface area (Å²) < 4.78 is 4.50. The number of carbonyl (C=O) groups is 2. The first-order valence-electron chi connectivity index (χ1n) is 3.86. The molecule has 0 unspecified atom stereocenters. The SMILES string of the molecule is COC(=O)c1nc(Cl)ccc1CC=O. The van der Waals surface area contributed by atoms with Crippen molar-refractivity contribution in [2.24, 2.45) is 0 Å². The molecule has 1 aromatic heterocycles. The fraction of sp³-hybridized carbons (Fsp3) is 0.222. The molecule has 74 valence electrons. The van der Waals surface area contributed by atoms with E-state index in [1.54, 1.807) is 6.07 Å². The highest BCUT2D eigenvalue weighted by Gasteiger charge is 2.13. The molecule has 0 saturated carbocycles. The molecule has 0 spiro atoms. The minimum atomic E-state index is -0.593. The molecule has 1 heterocycles. The Morgan fingerprint density at radius 1 is 1.64 bits per heavy atom. The topological polar surface area (TPSA) is 56.3 Å². The van der Waals surface area contributed by atoms with E-state index in [0.717, 1.165) is 0 Å². The van der Waals surface area contributed by atoms with Crippen molar-refractivity contribution in [2.45, 2.75) is 6.42 Å². The van der Waals surface area contributed by atoms with E-state index in [2.05, 4.69) is 9.72 Å². The summed E-state index contributed by atoms with van der Waals surface area (Å²) in [6, 6.07) is 3.10. The lowest BCUT2D eigenvalue weighted by Gasteiger charge is -2.03.